The van der Waals surface area contributed by atoms with E-state index < -0.39 is 32.5 Å². The molecule has 0 spiro atoms. The number of ether oxygens (including phenoxy) is 1. The molecule has 2 N–H and O–H groups in total. The molecule has 4 aromatic carbocycles. The van der Waals surface area contributed by atoms with Gasteiger partial charge in [-0.25, -0.2) is 16.8 Å². The Morgan fingerprint density at radius 2 is 1.37 bits per heavy atom. The number of carbonyl (C=O) groups excluding carboxylic acids is 1. The molecule has 0 saturated carbocycles. The van der Waals surface area contributed by atoms with Gasteiger partial charge < -0.3 is 10.1 Å². The number of hydrogen-bond donors (Lipinski definition) is 2. The van der Waals surface area contributed by atoms with E-state index in [0.717, 1.165) is 4.31 Å². The summed E-state index contributed by atoms with van der Waals surface area (Å²) in [5.74, 6) is -0.211. The van der Waals surface area contributed by atoms with E-state index in [1.54, 1.807) is 12.1 Å². The SMILES string of the molecule is COc1ccc(S(=O)(=O)N(CC(=O)Nc2ccc(S(=O)(=O)Nc3cc(Cl)cc(Cl)c3)cc2)c2cccc(Cl)c2)cc1. The minimum Gasteiger partial charge on any atom is -0.497 e. The van der Waals surface area contributed by atoms with Crippen molar-refractivity contribution in [3.8, 4) is 5.75 Å². The normalized spacial score (nSPS) is 11.5. The van der Waals surface area contributed by atoms with E-state index in [9.17, 15) is 21.6 Å². The molecule has 0 radical (unpaired) electrons. The van der Waals surface area contributed by atoms with Crippen molar-refractivity contribution in [2.45, 2.75) is 9.79 Å². The number of amides is 1. The van der Waals surface area contributed by atoms with Crippen molar-refractivity contribution >= 4 is 77.8 Å². The van der Waals surface area contributed by atoms with Gasteiger partial charge in [0.1, 0.15) is 12.3 Å². The largest absolute Gasteiger partial charge is 0.497 e. The summed E-state index contributed by atoms with van der Waals surface area (Å²) in [7, 11) is -6.73. The van der Waals surface area contributed by atoms with Crippen molar-refractivity contribution in [3.63, 3.8) is 0 Å². The maximum atomic E-state index is 13.6. The van der Waals surface area contributed by atoms with Gasteiger partial charge in [0.05, 0.1) is 28.3 Å². The molecule has 0 aliphatic heterocycles. The molecule has 0 bridgehead atoms. The fraction of sp³-hybridized carbons (Fsp3) is 0.0741. The van der Waals surface area contributed by atoms with Crippen molar-refractivity contribution in [1.82, 2.24) is 0 Å². The van der Waals surface area contributed by atoms with E-state index in [0.29, 0.717) is 5.75 Å². The number of sulfonamides is 2. The zero-order valence-corrected chi connectivity index (χ0v) is 25.1. The number of methoxy groups -OCH3 is 1. The Hall–Kier alpha value is -3.48. The van der Waals surface area contributed by atoms with Gasteiger partial charge in [0.25, 0.3) is 20.0 Å². The lowest BCUT2D eigenvalue weighted by Crippen LogP contribution is -2.38. The van der Waals surface area contributed by atoms with Crippen LogP contribution in [0.15, 0.2) is 101 Å². The molecular weight excluding hydrogens is 633 g/mol. The molecule has 0 atom stereocenters. The van der Waals surface area contributed by atoms with Gasteiger partial charge in [-0.05, 0) is 84.9 Å². The highest BCUT2D eigenvalue weighted by atomic mass is 35.5. The van der Waals surface area contributed by atoms with Gasteiger partial charge in [-0.1, -0.05) is 40.9 Å². The van der Waals surface area contributed by atoms with Crippen LogP contribution < -0.4 is 19.1 Å². The van der Waals surface area contributed by atoms with Crippen LogP contribution in [0.5, 0.6) is 5.75 Å². The topological polar surface area (TPSA) is 122 Å². The molecule has 9 nitrogen and oxygen atoms in total. The summed E-state index contributed by atoms with van der Waals surface area (Å²) >= 11 is 18.0. The van der Waals surface area contributed by atoms with Gasteiger partial charge in [0, 0.05) is 20.8 Å². The molecule has 14 heteroatoms. The molecule has 41 heavy (non-hydrogen) atoms. The van der Waals surface area contributed by atoms with Crippen molar-refractivity contribution in [3.05, 3.63) is 106 Å². The van der Waals surface area contributed by atoms with Crippen molar-refractivity contribution in [1.29, 1.82) is 0 Å². The predicted molar refractivity (Wildman–Crippen MR) is 161 cm³/mol. The number of nitrogens with one attached hydrogen (secondary N) is 2. The van der Waals surface area contributed by atoms with Crippen LogP contribution in [0.25, 0.3) is 0 Å². The number of rotatable bonds is 10. The molecule has 1 amide bonds. The third-order valence-electron chi connectivity index (χ3n) is 5.59. The molecule has 0 aliphatic carbocycles. The molecule has 0 heterocycles. The summed E-state index contributed by atoms with van der Waals surface area (Å²) in [6.45, 7) is -0.591. The van der Waals surface area contributed by atoms with Crippen LogP contribution in [0.2, 0.25) is 15.1 Å². The number of carbonyl (C=O) groups is 1. The van der Waals surface area contributed by atoms with Crippen molar-refractivity contribution in [2.24, 2.45) is 0 Å². The van der Waals surface area contributed by atoms with E-state index in [1.807, 2.05) is 0 Å². The summed E-state index contributed by atoms with van der Waals surface area (Å²) in [6.07, 6.45) is 0. The van der Waals surface area contributed by atoms with Gasteiger partial charge in [0.15, 0.2) is 0 Å². The third-order valence-corrected chi connectivity index (χ3v) is 9.45. The number of benzene rings is 4. The van der Waals surface area contributed by atoms with Crippen LogP contribution in [0.1, 0.15) is 0 Å². The molecule has 4 rings (SSSR count). The van der Waals surface area contributed by atoms with Gasteiger partial charge in [0.2, 0.25) is 5.91 Å². The van der Waals surface area contributed by atoms with Crippen LogP contribution in [0.3, 0.4) is 0 Å². The Kier molecular flexibility index (Phi) is 9.35. The lowest BCUT2D eigenvalue weighted by Gasteiger charge is -2.24. The lowest BCUT2D eigenvalue weighted by molar-refractivity contribution is -0.114. The zero-order chi connectivity index (χ0) is 29.8. The summed E-state index contributed by atoms with van der Waals surface area (Å²) < 4.78 is 61.1. The first-order valence-electron chi connectivity index (χ1n) is 11.7. The number of hydrogen-bond acceptors (Lipinski definition) is 6. The summed E-state index contributed by atoms with van der Waals surface area (Å²) in [4.78, 5) is 12.9. The van der Waals surface area contributed by atoms with Crippen LogP contribution in [0.4, 0.5) is 17.1 Å². The van der Waals surface area contributed by atoms with E-state index in [1.165, 1.54) is 86.0 Å². The number of anilines is 3. The van der Waals surface area contributed by atoms with Crippen LogP contribution >= 0.6 is 34.8 Å². The predicted octanol–water partition coefficient (Wildman–Crippen LogP) is 6.29. The number of nitrogens with zero attached hydrogens (tertiary/aromatic N) is 1. The quantitative estimate of drug-likeness (QED) is 0.207. The van der Waals surface area contributed by atoms with E-state index >= 15 is 0 Å². The Bertz CT molecular complexity index is 1760. The van der Waals surface area contributed by atoms with E-state index in [-0.39, 0.29) is 41.9 Å². The second kappa shape index (κ2) is 12.6. The minimum absolute atomic E-state index is 0.0610. The van der Waals surface area contributed by atoms with Crippen LogP contribution in [0, 0.1) is 0 Å². The molecule has 0 saturated heterocycles. The molecule has 0 fully saturated rings. The molecular formula is C27H22Cl3N3O6S2. The highest BCUT2D eigenvalue weighted by Crippen LogP contribution is 2.28. The average molecular weight is 655 g/mol. The minimum atomic E-state index is -4.19. The highest BCUT2D eigenvalue weighted by Gasteiger charge is 2.28. The Morgan fingerprint density at radius 3 is 1.95 bits per heavy atom. The molecule has 214 valence electrons. The molecule has 0 unspecified atom stereocenters. The Labute approximate surface area is 252 Å². The molecule has 0 aromatic heterocycles. The van der Waals surface area contributed by atoms with E-state index in [4.69, 9.17) is 39.5 Å². The fourth-order valence-electron chi connectivity index (χ4n) is 3.70. The summed E-state index contributed by atoms with van der Waals surface area (Å²) in [5, 5.41) is 3.39. The molecule has 0 aliphatic rings. The molecule has 4 aromatic rings. The van der Waals surface area contributed by atoms with Crippen LogP contribution in [-0.4, -0.2) is 36.4 Å². The van der Waals surface area contributed by atoms with Crippen LogP contribution in [-0.2, 0) is 24.8 Å². The Morgan fingerprint density at radius 1 is 0.756 bits per heavy atom. The maximum absolute atomic E-state index is 13.6. The van der Waals surface area contributed by atoms with Gasteiger partial charge in [-0.3, -0.25) is 13.8 Å². The third kappa shape index (κ3) is 7.63. The second-order valence-electron chi connectivity index (χ2n) is 8.50. The smallest absolute Gasteiger partial charge is 0.264 e. The first-order chi connectivity index (χ1) is 19.4. The van der Waals surface area contributed by atoms with Crippen molar-refractivity contribution in [2.75, 3.05) is 28.0 Å². The Balaban J connectivity index is 1.53. The van der Waals surface area contributed by atoms with Crippen molar-refractivity contribution < 1.29 is 26.4 Å². The fourth-order valence-corrected chi connectivity index (χ4v) is 6.86. The summed E-state index contributed by atoms with van der Waals surface area (Å²) in [6, 6.07) is 21.4. The maximum Gasteiger partial charge on any atom is 0.264 e. The zero-order valence-electron chi connectivity index (χ0n) is 21.2. The first kappa shape index (κ1) is 30.5. The monoisotopic (exact) mass is 653 g/mol. The van der Waals surface area contributed by atoms with E-state index in [2.05, 4.69) is 10.0 Å². The first-order valence-corrected chi connectivity index (χ1v) is 15.7. The van der Waals surface area contributed by atoms with Gasteiger partial charge in [-0.15, -0.1) is 0 Å². The highest BCUT2D eigenvalue weighted by molar-refractivity contribution is 7.93. The lowest BCUT2D eigenvalue weighted by atomic mass is 10.3. The van der Waals surface area contributed by atoms with Gasteiger partial charge in [-0.2, -0.15) is 0 Å². The number of halogens is 3. The average Bonchev–Trinajstić information content (AvgIpc) is 2.91. The van der Waals surface area contributed by atoms with Gasteiger partial charge >= 0.3 is 0 Å². The second-order valence-corrected chi connectivity index (χ2v) is 13.4. The standard InChI is InChI=1S/C27H22Cl3N3O6S2/c1-39-24-7-11-26(12-8-24)41(37,38)33(23-4-2-3-18(28)16-23)17-27(34)31-21-5-9-25(10-6-21)40(35,36)32-22-14-19(29)13-20(30)15-22/h2-16,32H,17H2,1H3,(H,31,34). The summed E-state index contributed by atoms with van der Waals surface area (Å²) in [5.41, 5.74) is 0.601.